The molecule has 1 aromatic carbocycles. The van der Waals surface area contributed by atoms with Crippen molar-refractivity contribution in [1.29, 1.82) is 0 Å². The summed E-state index contributed by atoms with van der Waals surface area (Å²) in [7, 11) is 0. The van der Waals surface area contributed by atoms with Crippen LogP contribution < -0.4 is 0 Å². The third-order valence-corrected chi connectivity index (χ3v) is 5.37. The monoisotopic (exact) mass is 442 g/mol. The first-order valence-electron chi connectivity index (χ1n) is 10.1. The lowest BCUT2D eigenvalue weighted by Gasteiger charge is -2.42. The van der Waals surface area contributed by atoms with E-state index < -0.39 is 61.4 Å². The Morgan fingerprint density at radius 2 is 1.39 bits per heavy atom. The number of benzene rings is 1. The lowest BCUT2D eigenvalue weighted by Crippen LogP contribution is -2.61. The topological polar surface area (TPSA) is 158 Å². The van der Waals surface area contributed by atoms with Crippen molar-refractivity contribution in [3.63, 3.8) is 0 Å². The van der Waals surface area contributed by atoms with Crippen LogP contribution in [0.5, 0.6) is 0 Å². The first kappa shape index (κ1) is 24.2. The van der Waals surface area contributed by atoms with Crippen LogP contribution in [0.1, 0.15) is 12.5 Å². The van der Waals surface area contributed by atoms with Crippen LogP contribution in [0.3, 0.4) is 0 Å². The summed E-state index contributed by atoms with van der Waals surface area (Å²) >= 11 is 0. The van der Waals surface area contributed by atoms with Crippen molar-refractivity contribution in [2.45, 2.75) is 68.3 Å². The van der Waals surface area contributed by atoms with E-state index in [1.54, 1.807) is 6.08 Å². The predicted octanol–water partition coefficient (Wildman–Crippen LogP) is -1.63. The Balaban J connectivity index is 1.53. The van der Waals surface area contributed by atoms with E-state index in [0.29, 0.717) is 0 Å². The Morgan fingerprint density at radius 1 is 0.774 bits per heavy atom. The molecule has 3 rings (SSSR count). The van der Waals surface area contributed by atoms with E-state index in [1.165, 1.54) is 6.92 Å². The summed E-state index contributed by atoms with van der Waals surface area (Å²) in [5.74, 6) is 0. The van der Waals surface area contributed by atoms with E-state index in [2.05, 4.69) is 0 Å². The highest BCUT2D eigenvalue weighted by Crippen LogP contribution is 2.25. The third-order valence-electron chi connectivity index (χ3n) is 5.37. The number of aliphatic hydroxyl groups excluding tert-OH is 6. The van der Waals surface area contributed by atoms with Gasteiger partial charge >= 0.3 is 0 Å². The van der Waals surface area contributed by atoms with Crippen molar-refractivity contribution in [3.05, 3.63) is 42.0 Å². The summed E-state index contributed by atoms with van der Waals surface area (Å²) in [6, 6.07) is 9.51. The molecular formula is C21H30O10. The molecule has 2 aliphatic rings. The molecule has 10 unspecified atom stereocenters. The van der Waals surface area contributed by atoms with Crippen molar-refractivity contribution >= 4 is 6.08 Å². The second-order valence-electron chi connectivity index (χ2n) is 7.68. The maximum atomic E-state index is 10.2. The van der Waals surface area contributed by atoms with Crippen molar-refractivity contribution in [1.82, 2.24) is 0 Å². The second kappa shape index (κ2) is 10.9. The minimum absolute atomic E-state index is 0.0824. The first-order chi connectivity index (χ1) is 14.8. The third kappa shape index (κ3) is 5.88. The Bertz CT molecular complexity index is 701. The summed E-state index contributed by atoms with van der Waals surface area (Å²) in [4.78, 5) is 0. The molecule has 174 valence electrons. The van der Waals surface area contributed by atoms with Gasteiger partial charge in [0.15, 0.2) is 12.6 Å². The second-order valence-corrected chi connectivity index (χ2v) is 7.68. The van der Waals surface area contributed by atoms with E-state index in [1.807, 2.05) is 36.4 Å². The molecule has 0 aromatic heterocycles. The van der Waals surface area contributed by atoms with Crippen LogP contribution in [0.15, 0.2) is 36.4 Å². The van der Waals surface area contributed by atoms with Gasteiger partial charge in [0.05, 0.1) is 19.3 Å². The van der Waals surface area contributed by atoms with Crippen LogP contribution in [-0.2, 0) is 18.9 Å². The Morgan fingerprint density at radius 3 is 2.06 bits per heavy atom. The molecule has 10 nitrogen and oxygen atoms in total. The molecule has 2 fully saturated rings. The predicted molar refractivity (Wildman–Crippen MR) is 106 cm³/mol. The van der Waals surface area contributed by atoms with E-state index in [9.17, 15) is 30.6 Å². The van der Waals surface area contributed by atoms with Crippen LogP contribution in [0.4, 0.5) is 0 Å². The van der Waals surface area contributed by atoms with E-state index in [4.69, 9.17) is 18.9 Å². The molecule has 1 aromatic rings. The minimum atomic E-state index is -1.55. The van der Waals surface area contributed by atoms with Gasteiger partial charge in [-0.2, -0.15) is 0 Å². The average molecular weight is 442 g/mol. The van der Waals surface area contributed by atoms with Crippen LogP contribution in [0, 0.1) is 0 Å². The summed E-state index contributed by atoms with van der Waals surface area (Å²) in [5, 5.41) is 60.1. The molecule has 0 aliphatic carbocycles. The minimum Gasteiger partial charge on any atom is -0.388 e. The zero-order chi connectivity index (χ0) is 22.5. The molecule has 6 N–H and O–H groups in total. The molecule has 0 spiro atoms. The molecule has 2 saturated heterocycles. The van der Waals surface area contributed by atoms with Gasteiger partial charge in [-0.3, -0.25) is 0 Å². The highest BCUT2D eigenvalue weighted by atomic mass is 16.7. The molecule has 2 aliphatic heterocycles. The Labute approximate surface area is 179 Å². The molecule has 2 heterocycles. The van der Waals surface area contributed by atoms with Crippen molar-refractivity contribution < 1.29 is 49.6 Å². The van der Waals surface area contributed by atoms with E-state index in [0.717, 1.165) is 5.56 Å². The summed E-state index contributed by atoms with van der Waals surface area (Å²) in [6.45, 7) is 1.26. The van der Waals surface area contributed by atoms with Gasteiger partial charge in [0.25, 0.3) is 0 Å². The van der Waals surface area contributed by atoms with Crippen molar-refractivity contribution in [2.24, 2.45) is 0 Å². The number of aliphatic hydroxyl groups is 6. The van der Waals surface area contributed by atoms with Crippen LogP contribution in [0.2, 0.25) is 0 Å². The van der Waals surface area contributed by atoms with Crippen LogP contribution >= 0.6 is 0 Å². The van der Waals surface area contributed by atoms with Gasteiger partial charge < -0.3 is 49.6 Å². The largest absolute Gasteiger partial charge is 0.388 e. The van der Waals surface area contributed by atoms with Gasteiger partial charge in [0.1, 0.15) is 42.7 Å². The number of hydrogen-bond donors (Lipinski definition) is 6. The summed E-state index contributed by atoms with van der Waals surface area (Å²) in [6.07, 6.45) is -9.62. The molecular weight excluding hydrogens is 412 g/mol. The molecule has 31 heavy (non-hydrogen) atoms. The standard InChI is InChI=1S/C21H30O10/c1-11-14(22)16(24)18(26)21(30-11)29-10-13-15(23)17(25)19(27)20(31-13)28-9-5-8-12-6-3-2-4-7-12/h2-8,11,13-27H,9-10H2,1H3. The van der Waals surface area contributed by atoms with Gasteiger partial charge in [-0.25, -0.2) is 0 Å². The molecule has 0 saturated carbocycles. The molecule has 0 bridgehead atoms. The highest BCUT2D eigenvalue weighted by molar-refractivity contribution is 5.48. The van der Waals surface area contributed by atoms with Gasteiger partial charge in [-0.1, -0.05) is 42.5 Å². The van der Waals surface area contributed by atoms with E-state index >= 15 is 0 Å². The smallest absolute Gasteiger partial charge is 0.187 e. The molecule has 10 heteroatoms. The fraction of sp³-hybridized carbons (Fsp3) is 0.619. The molecule has 0 amide bonds. The molecule has 10 atom stereocenters. The van der Waals surface area contributed by atoms with Gasteiger partial charge in [-0.05, 0) is 12.5 Å². The normalized spacial score (nSPS) is 41.5. The van der Waals surface area contributed by atoms with Gasteiger partial charge in [0, 0.05) is 0 Å². The number of ether oxygens (including phenoxy) is 4. The van der Waals surface area contributed by atoms with Crippen molar-refractivity contribution in [3.8, 4) is 0 Å². The highest BCUT2D eigenvalue weighted by Gasteiger charge is 2.46. The maximum Gasteiger partial charge on any atom is 0.187 e. The fourth-order valence-electron chi connectivity index (χ4n) is 3.43. The Kier molecular flexibility index (Phi) is 8.53. The molecule has 0 radical (unpaired) electrons. The zero-order valence-electron chi connectivity index (χ0n) is 17.0. The first-order valence-corrected chi connectivity index (χ1v) is 10.1. The lowest BCUT2D eigenvalue weighted by molar-refractivity contribution is -0.326. The van der Waals surface area contributed by atoms with Crippen LogP contribution in [0.25, 0.3) is 6.08 Å². The average Bonchev–Trinajstić information content (AvgIpc) is 2.78. The van der Waals surface area contributed by atoms with E-state index in [-0.39, 0.29) is 13.2 Å². The number of rotatable bonds is 7. The van der Waals surface area contributed by atoms with Crippen LogP contribution in [-0.4, -0.2) is 105 Å². The number of hydrogen-bond acceptors (Lipinski definition) is 10. The SMILES string of the molecule is CC1OC(OCC2OC(OCC=Cc3ccccc3)C(O)C(O)C2O)C(O)C(O)C1O. The zero-order valence-corrected chi connectivity index (χ0v) is 17.0. The van der Waals surface area contributed by atoms with Gasteiger partial charge in [-0.15, -0.1) is 0 Å². The Hall–Kier alpha value is -1.44. The van der Waals surface area contributed by atoms with Crippen molar-refractivity contribution in [2.75, 3.05) is 13.2 Å². The lowest BCUT2D eigenvalue weighted by atomic mass is 9.98. The summed E-state index contributed by atoms with van der Waals surface area (Å²) in [5.41, 5.74) is 0.963. The quantitative estimate of drug-likeness (QED) is 0.289. The van der Waals surface area contributed by atoms with Gasteiger partial charge in [0.2, 0.25) is 0 Å². The fourth-order valence-corrected chi connectivity index (χ4v) is 3.43. The summed E-state index contributed by atoms with van der Waals surface area (Å²) < 4.78 is 21.8. The maximum absolute atomic E-state index is 10.2.